The van der Waals surface area contributed by atoms with Crippen LogP contribution in [-0.2, 0) is 0 Å². The van der Waals surface area contributed by atoms with E-state index in [9.17, 15) is 0 Å². The van der Waals surface area contributed by atoms with Crippen LogP contribution in [-0.4, -0.2) is 58.4 Å². The fourth-order valence-corrected chi connectivity index (χ4v) is 7.08. The number of rotatable bonds is 12. The van der Waals surface area contributed by atoms with Crippen molar-refractivity contribution in [3.8, 4) is 0 Å². The van der Waals surface area contributed by atoms with Gasteiger partial charge in [-0.25, -0.2) is 10.0 Å². The molecule has 2 aliphatic heterocycles. The molecule has 0 aromatic heterocycles. The van der Waals surface area contributed by atoms with Crippen LogP contribution in [0.4, 0.5) is 0 Å². The maximum absolute atomic E-state index is 6.39. The Labute approximate surface area is 224 Å². The van der Waals surface area contributed by atoms with Crippen molar-refractivity contribution in [2.75, 3.05) is 26.2 Å². The largest absolute Gasteiger partial charge is 0.330 e. The predicted molar refractivity (Wildman–Crippen MR) is 157 cm³/mol. The van der Waals surface area contributed by atoms with Crippen LogP contribution in [0.5, 0.6) is 0 Å². The molecule has 9 N–H and O–H groups in total. The van der Waals surface area contributed by atoms with E-state index in [-0.39, 0.29) is 22.2 Å². The SMILES string of the molecule is CC1(C)CC(CCCCCCC2CC(C)(C)N(N)C(C)(C)C2)CC(C)(C)N1N.NCCCNCCN. The first-order valence-electron chi connectivity index (χ1n) is 14.8. The molecule has 36 heavy (non-hydrogen) atoms. The third kappa shape index (κ3) is 10.8. The molecular weight excluding hydrogens is 446 g/mol. The Bertz CT molecular complexity index is 514. The molecule has 0 unspecified atom stereocenters. The van der Waals surface area contributed by atoms with Gasteiger partial charge < -0.3 is 16.8 Å². The van der Waals surface area contributed by atoms with E-state index >= 15 is 0 Å². The van der Waals surface area contributed by atoms with Crippen molar-refractivity contribution < 1.29 is 0 Å². The lowest BCUT2D eigenvalue weighted by Crippen LogP contribution is -2.63. The molecule has 2 saturated heterocycles. The van der Waals surface area contributed by atoms with Gasteiger partial charge in [0, 0.05) is 35.2 Å². The molecule has 0 amide bonds. The van der Waals surface area contributed by atoms with Gasteiger partial charge in [-0.1, -0.05) is 38.5 Å². The summed E-state index contributed by atoms with van der Waals surface area (Å²) in [4.78, 5) is 0. The third-order valence-electron chi connectivity index (χ3n) is 8.61. The van der Waals surface area contributed by atoms with Gasteiger partial charge in [0.15, 0.2) is 0 Å². The molecule has 7 nitrogen and oxygen atoms in total. The Balaban J connectivity index is 0.000000697. The standard InChI is InChI=1S/C24H50N4.C5H15N3/c1-21(2)15-19(16-22(3,4)27(21)25)13-11-9-10-12-14-20-17-23(5,6)28(26)24(7,8)18-20;6-2-1-4-8-5-3-7/h19-20H,9-18,25-26H2,1-8H3;8H,1-7H2. The molecule has 0 aliphatic carbocycles. The molecule has 0 spiro atoms. The molecular formula is C29H65N7. The predicted octanol–water partition coefficient (Wildman–Crippen LogP) is 4.50. The van der Waals surface area contributed by atoms with E-state index in [2.05, 4.69) is 70.7 Å². The Morgan fingerprint density at radius 1 is 0.556 bits per heavy atom. The second-order valence-electron chi connectivity index (χ2n) is 14.2. The van der Waals surface area contributed by atoms with Crippen LogP contribution in [0.2, 0.25) is 0 Å². The van der Waals surface area contributed by atoms with E-state index in [1.807, 2.05) is 0 Å². The summed E-state index contributed by atoms with van der Waals surface area (Å²) >= 11 is 0. The van der Waals surface area contributed by atoms with Gasteiger partial charge in [-0.15, -0.1) is 0 Å². The van der Waals surface area contributed by atoms with Gasteiger partial charge in [0.2, 0.25) is 0 Å². The van der Waals surface area contributed by atoms with Crippen LogP contribution in [0.1, 0.15) is 126 Å². The smallest absolute Gasteiger partial charge is 0.0304 e. The number of piperidine rings is 2. The molecule has 2 heterocycles. The summed E-state index contributed by atoms with van der Waals surface area (Å²) < 4.78 is 0. The molecule has 2 fully saturated rings. The number of nitrogens with zero attached hydrogens (tertiary/aromatic N) is 2. The minimum atomic E-state index is 0.115. The zero-order valence-electron chi connectivity index (χ0n) is 25.5. The van der Waals surface area contributed by atoms with Gasteiger partial charge in [-0.05, 0) is 112 Å². The summed E-state index contributed by atoms with van der Waals surface area (Å²) in [6.45, 7) is 21.8. The summed E-state index contributed by atoms with van der Waals surface area (Å²) in [5.41, 5.74) is 10.9. The summed E-state index contributed by atoms with van der Waals surface area (Å²) in [6, 6.07) is 0. The molecule has 0 atom stereocenters. The van der Waals surface area contributed by atoms with Crippen LogP contribution in [0.3, 0.4) is 0 Å². The Hall–Kier alpha value is -0.280. The topological polar surface area (TPSA) is 123 Å². The average Bonchev–Trinajstić information content (AvgIpc) is 2.75. The van der Waals surface area contributed by atoms with Crippen molar-refractivity contribution in [2.24, 2.45) is 35.0 Å². The van der Waals surface area contributed by atoms with Gasteiger partial charge in [0.05, 0.1) is 0 Å². The number of hydrogen-bond acceptors (Lipinski definition) is 7. The number of nitrogens with two attached hydrogens (primary N) is 4. The van der Waals surface area contributed by atoms with Crippen molar-refractivity contribution in [1.82, 2.24) is 15.3 Å². The van der Waals surface area contributed by atoms with Crippen molar-refractivity contribution in [3.05, 3.63) is 0 Å². The van der Waals surface area contributed by atoms with Gasteiger partial charge in [0.1, 0.15) is 0 Å². The minimum Gasteiger partial charge on any atom is -0.330 e. The first-order valence-corrected chi connectivity index (χ1v) is 14.8. The quantitative estimate of drug-likeness (QED) is 0.193. The number of hydrazine groups is 2. The van der Waals surface area contributed by atoms with Gasteiger partial charge in [0.25, 0.3) is 0 Å². The number of hydrogen-bond donors (Lipinski definition) is 5. The zero-order chi connectivity index (χ0) is 27.6. The van der Waals surface area contributed by atoms with E-state index in [0.717, 1.165) is 37.9 Å². The van der Waals surface area contributed by atoms with Gasteiger partial charge in [-0.2, -0.15) is 0 Å². The van der Waals surface area contributed by atoms with Gasteiger partial charge in [-0.3, -0.25) is 11.7 Å². The van der Waals surface area contributed by atoms with E-state index in [0.29, 0.717) is 6.54 Å². The normalized spacial score (nSPS) is 24.3. The molecule has 0 bridgehead atoms. The van der Waals surface area contributed by atoms with E-state index in [4.69, 9.17) is 23.2 Å². The summed E-state index contributed by atoms with van der Waals surface area (Å²) in [5.74, 6) is 14.4. The number of unbranched alkanes of at least 4 members (excludes halogenated alkanes) is 3. The minimum absolute atomic E-state index is 0.115. The average molecular weight is 512 g/mol. The van der Waals surface area contributed by atoms with E-state index in [1.54, 1.807) is 0 Å². The first kappa shape index (κ1) is 33.7. The van der Waals surface area contributed by atoms with Crippen molar-refractivity contribution in [1.29, 1.82) is 0 Å². The Morgan fingerprint density at radius 3 is 1.22 bits per heavy atom. The van der Waals surface area contributed by atoms with Crippen LogP contribution in [0, 0.1) is 11.8 Å². The number of nitrogens with one attached hydrogen (secondary N) is 1. The van der Waals surface area contributed by atoms with Crippen LogP contribution in [0.15, 0.2) is 0 Å². The van der Waals surface area contributed by atoms with Crippen LogP contribution in [0.25, 0.3) is 0 Å². The molecule has 0 aromatic rings. The zero-order valence-corrected chi connectivity index (χ0v) is 25.5. The van der Waals surface area contributed by atoms with Crippen molar-refractivity contribution in [2.45, 2.75) is 148 Å². The summed E-state index contributed by atoms with van der Waals surface area (Å²) in [5, 5.41) is 7.34. The second-order valence-corrected chi connectivity index (χ2v) is 14.2. The lowest BCUT2D eigenvalue weighted by Gasteiger charge is -2.53. The third-order valence-corrected chi connectivity index (χ3v) is 8.61. The van der Waals surface area contributed by atoms with E-state index in [1.165, 1.54) is 64.2 Å². The molecule has 0 radical (unpaired) electrons. The monoisotopic (exact) mass is 512 g/mol. The molecule has 216 valence electrons. The lowest BCUT2D eigenvalue weighted by atomic mass is 9.73. The van der Waals surface area contributed by atoms with E-state index < -0.39 is 0 Å². The second kappa shape index (κ2) is 14.8. The van der Waals surface area contributed by atoms with Gasteiger partial charge >= 0.3 is 0 Å². The maximum atomic E-state index is 6.39. The first-order chi connectivity index (χ1) is 16.6. The molecule has 0 aromatic carbocycles. The summed E-state index contributed by atoms with van der Waals surface area (Å²) in [6.07, 6.45) is 14.2. The molecule has 2 aliphatic rings. The fourth-order valence-electron chi connectivity index (χ4n) is 7.08. The molecule has 0 saturated carbocycles. The van der Waals surface area contributed by atoms with Crippen LogP contribution < -0.4 is 28.5 Å². The van der Waals surface area contributed by atoms with Crippen molar-refractivity contribution >= 4 is 0 Å². The summed E-state index contributed by atoms with van der Waals surface area (Å²) in [7, 11) is 0. The Kier molecular flexibility index (Phi) is 13.8. The van der Waals surface area contributed by atoms with Crippen LogP contribution >= 0.6 is 0 Å². The highest BCUT2D eigenvalue weighted by atomic mass is 15.5. The highest BCUT2D eigenvalue weighted by molar-refractivity contribution is 4.98. The molecule has 7 heteroatoms. The maximum Gasteiger partial charge on any atom is 0.0304 e. The highest BCUT2D eigenvalue weighted by Crippen LogP contribution is 2.42. The molecule has 2 rings (SSSR count). The highest BCUT2D eigenvalue weighted by Gasteiger charge is 2.44. The van der Waals surface area contributed by atoms with Crippen molar-refractivity contribution in [3.63, 3.8) is 0 Å². The lowest BCUT2D eigenvalue weighted by molar-refractivity contribution is -0.0555. The Morgan fingerprint density at radius 2 is 0.917 bits per heavy atom. The fraction of sp³-hybridized carbons (Fsp3) is 1.00.